The van der Waals surface area contributed by atoms with Gasteiger partial charge in [-0.25, -0.2) is 0 Å². The zero-order valence-electron chi connectivity index (χ0n) is 12.8. The third kappa shape index (κ3) is 4.11. The summed E-state index contributed by atoms with van der Waals surface area (Å²) in [4.78, 5) is 24.8. The molecule has 1 aromatic carbocycles. The first-order valence-corrected chi connectivity index (χ1v) is 8.37. The van der Waals surface area contributed by atoms with E-state index in [2.05, 4.69) is 0 Å². The molecule has 0 aromatic heterocycles. The van der Waals surface area contributed by atoms with E-state index in [1.165, 1.54) is 6.92 Å². The lowest BCUT2D eigenvalue weighted by atomic mass is 10.2. The number of ether oxygens (including phenoxy) is 1. The standard InChI is InChI=1S/C16H17NO4S2/c1-3-7-21-12-6-4-5-11(8-12)9-13-14(18)17(16(22)23-13)10(2)15(19)20/h4-6,8-10H,3,7H2,1-2H3,(H,19,20)/p-1/b13-9+/t10-/m1/s1. The first-order valence-electron chi connectivity index (χ1n) is 7.14. The Morgan fingerprint density at radius 1 is 1.52 bits per heavy atom. The number of aliphatic carboxylic acids is 1. The lowest BCUT2D eigenvalue weighted by Crippen LogP contribution is -2.48. The highest BCUT2D eigenvalue weighted by atomic mass is 32.2. The molecule has 1 aliphatic heterocycles. The van der Waals surface area contributed by atoms with Crippen LogP contribution < -0.4 is 9.84 Å². The van der Waals surface area contributed by atoms with Crippen molar-refractivity contribution in [1.29, 1.82) is 0 Å². The van der Waals surface area contributed by atoms with Gasteiger partial charge in [0.2, 0.25) is 0 Å². The Balaban J connectivity index is 2.22. The molecule has 0 bridgehead atoms. The number of amides is 1. The predicted molar refractivity (Wildman–Crippen MR) is 91.7 cm³/mol. The van der Waals surface area contributed by atoms with Crippen LogP contribution in [0.15, 0.2) is 29.2 Å². The molecule has 23 heavy (non-hydrogen) atoms. The lowest BCUT2D eigenvalue weighted by Gasteiger charge is -2.23. The minimum absolute atomic E-state index is 0.219. The average molecular weight is 350 g/mol. The van der Waals surface area contributed by atoms with Crippen molar-refractivity contribution in [2.24, 2.45) is 0 Å². The van der Waals surface area contributed by atoms with Crippen LogP contribution in [0.2, 0.25) is 0 Å². The Morgan fingerprint density at radius 3 is 2.91 bits per heavy atom. The molecule has 0 saturated carbocycles. The van der Waals surface area contributed by atoms with E-state index >= 15 is 0 Å². The summed E-state index contributed by atoms with van der Waals surface area (Å²) in [6.45, 7) is 4.02. The van der Waals surface area contributed by atoms with Crippen molar-refractivity contribution in [3.63, 3.8) is 0 Å². The summed E-state index contributed by atoms with van der Waals surface area (Å²) in [5.41, 5.74) is 0.792. The molecule has 0 unspecified atom stereocenters. The third-order valence-electron chi connectivity index (χ3n) is 3.18. The SMILES string of the molecule is CCCOc1cccc(/C=C2/SC(=S)N([C@H](C)C(=O)[O-])C2=O)c1. The summed E-state index contributed by atoms with van der Waals surface area (Å²) in [5.74, 6) is -1.03. The summed E-state index contributed by atoms with van der Waals surface area (Å²) < 4.78 is 5.77. The molecule has 0 aliphatic carbocycles. The van der Waals surface area contributed by atoms with Crippen LogP contribution in [-0.4, -0.2) is 33.7 Å². The van der Waals surface area contributed by atoms with Gasteiger partial charge in [-0.1, -0.05) is 43.0 Å². The van der Waals surface area contributed by atoms with Crippen LogP contribution in [0, 0.1) is 0 Å². The molecular weight excluding hydrogens is 334 g/mol. The number of rotatable bonds is 6. The fourth-order valence-electron chi connectivity index (χ4n) is 1.98. The first kappa shape index (κ1) is 17.5. The Kier molecular flexibility index (Phi) is 5.79. The van der Waals surface area contributed by atoms with Crippen molar-refractivity contribution >= 4 is 46.3 Å². The van der Waals surface area contributed by atoms with Gasteiger partial charge in [-0.05, 0) is 37.1 Å². The topological polar surface area (TPSA) is 69.7 Å². The van der Waals surface area contributed by atoms with Gasteiger partial charge in [0.15, 0.2) is 0 Å². The maximum Gasteiger partial charge on any atom is 0.266 e. The number of carbonyl (C=O) groups is 2. The van der Waals surface area contributed by atoms with Crippen LogP contribution in [0.1, 0.15) is 25.8 Å². The summed E-state index contributed by atoms with van der Waals surface area (Å²) in [5, 5.41) is 11.0. The Morgan fingerprint density at radius 2 is 2.26 bits per heavy atom. The van der Waals surface area contributed by atoms with Crippen LogP contribution in [-0.2, 0) is 9.59 Å². The summed E-state index contributed by atoms with van der Waals surface area (Å²) in [7, 11) is 0. The van der Waals surface area contributed by atoms with E-state index in [4.69, 9.17) is 17.0 Å². The minimum Gasteiger partial charge on any atom is -0.548 e. The maximum absolute atomic E-state index is 12.4. The number of carboxylic acid groups (broad SMARTS) is 1. The molecule has 122 valence electrons. The fourth-order valence-corrected chi connectivity index (χ4v) is 3.40. The number of hydrogen-bond acceptors (Lipinski definition) is 6. The highest BCUT2D eigenvalue weighted by Crippen LogP contribution is 2.34. The van der Waals surface area contributed by atoms with E-state index in [1.807, 2.05) is 31.2 Å². The van der Waals surface area contributed by atoms with Crippen LogP contribution >= 0.6 is 24.0 Å². The van der Waals surface area contributed by atoms with Gasteiger partial charge < -0.3 is 14.6 Å². The quantitative estimate of drug-likeness (QED) is 0.576. The fraction of sp³-hybridized carbons (Fsp3) is 0.312. The molecule has 7 heteroatoms. The van der Waals surface area contributed by atoms with Gasteiger partial charge in [-0.15, -0.1) is 0 Å². The highest BCUT2D eigenvalue weighted by Gasteiger charge is 2.35. The van der Waals surface area contributed by atoms with Crippen LogP contribution in [0.25, 0.3) is 6.08 Å². The maximum atomic E-state index is 12.4. The number of thioether (sulfide) groups is 1. The number of thiocarbonyl (C=S) groups is 1. The van der Waals surface area contributed by atoms with Crippen LogP contribution in [0.4, 0.5) is 0 Å². The van der Waals surface area contributed by atoms with Gasteiger partial charge in [0.25, 0.3) is 5.91 Å². The molecule has 0 spiro atoms. The molecule has 5 nitrogen and oxygen atoms in total. The minimum atomic E-state index is -1.34. The van der Waals surface area contributed by atoms with Crippen molar-refractivity contribution in [2.45, 2.75) is 26.3 Å². The molecule has 1 fully saturated rings. The second kappa shape index (κ2) is 7.61. The van der Waals surface area contributed by atoms with Crippen molar-refractivity contribution < 1.29 is 19.4 Å². The first-order chi connectivity index (χ1) is 10.9. The average Bonchev–Trinajstić information content (AvgIpc) is 2.79. The van der Waals surface area contributed by atoms with Gasteiger partial charge in [-0.3, -0.25) is 9.69 Å². The van der Waals surface area contributed by atoms with Crippen molar-refractivity contribution in [3.05, 3.63) is 34.7 Å². The van der Waals surface area contributed by atoms with Crippen molar-refractivity contribution in [3.8, 4) is 5.75 Å². The van der Waals surface area contributed by atoms with Gasteiger partial charge in [0, 0.05) is 0 Å². The largest absolute Gasteiger partial charge is 0.548 e. The molecule has 2 rings (SSSR count). The van der Waals surface area contributed by atoms with E-state index < -0.39 is 17.9 Å². The molecule has 1 aliphatic rings. The second-order valence-electron chi connectivity index (χ2n) is 4.97. The molecule has 1 amide bonds. The van der Waals surface area contributed by atoms with Gasteiger partial charge in [-0.2, -0.15) is 0 Å². The van der Waals surface area contributed by atoms with E-state index in [0.29, 0.717) is 11.5 Å². The van der Waals surface area contributed by atoms with Gasteiger partial charge >= 0.3 is 0 Å². The second-order valence-corrected chi connectivity index (χ2v) is 6.64. The number of benzene rings is 1. The molecular formula is C16H16NO4S2-. The van der Waals surface area contributed by atoms with E-state index in [0.717, 1.165) is 34.4 Å². The summed E-state index contributed by atoms with van der Waals surface area (Å²) in [6.07, 6.45) is 2.59. The molecule has 1 atom stereocenters. The lowest BCUT2D eigenvalue weighted by molar-refractivity contribution is -0.309. The normalized spacial score (nSPS) is 17.7. The number of nitrogens with zero attached hydrogens (tertiary/aromatic N) is 1. The molecule has 0 N–H and O–H groups in total. The molecule has 0 radical (unpaired) electrons. The van der Waals surface area contributed by atoms with Gasteiger partial charge in [0.1, 0.15) is 10.1 Å². The Bertz CT molecular complexity index is 672. The molecule has 1 aromatic rings. The monoisotopic (exact) mass is 350 g/mol. The Hall–Kier alpha value is -1.86. The molecule has 1 saturated heterocycles. The smallest absolute Gasteiger partial charge is 0.266 e. The van der Waals surface area contributed by atoms with E-state index in [9.17, 15) is 14.7 Å². The van der Waals surface area contributed by atoms with E-state index in [1.54, 1.807) is 6.08 Å². The van der Waals surface area contributed by atoms with Gasteiger partial charge in [0.05, 0.1) is 23.5 Å². The number of carbonyl (C=O) groups excluding carboxylic acids is 2. The van der Waals surface area contributed by atoms with Crippen molar-refractivity contribution in [1.82, 2.24) is 4.90 Å². The summed E-state index contributed by atoms with van der Waals surface area (Å²) in [6, 6.07) is 6.25. The van der Waals surface area contributed by atoms with Crippen molar-refractivity contribution in [2.75, 3.05) is 6.61 Å². The van der Waals surface area contributed by atoms with E-state index in [-0.39, 0.29) is 4.32 Å². The zero-order chi connectivity index (χ0) is 17.0. The number of carboxylic acids is 1. The number of hydrogen-bond donors (Lipinski definition) is 0. The predicted octanol–water partition coefficient (Wildman–Crippen LogP) is 1.81. The summed E-state index contributed by atoms with van der Waals surface area (Å²) >= 11 is 6.18. The Labute approximate surface area is 144 Å². The molecule has 1 heterocycles. The van der Waals surface area contributed by atoms with Crippen LogP contribution in [0.5, 0.6) is 5.75 Å². The van der Waals surface area contributed by atoms with Crippen LogP contribution in [0.3, 0.4) is 0 Å². The highest BCUT2D eigenvalue weighted by molar-refractivity contribution is 8.26. The zero-order valence-corrected chi connectivity index (χ0v) is 14.4. The third-order valence-corrected chi connectivity index (χ3v) is 4.51.